The third-order valence-electron chi connectivity index (χ3n) is 1.79. The Hall–Kier alpha value is -1.68. The number of hydrogen-bond donors (Lipinski definition) is 1. The van der Waals surface area contributed by atoms with Crippen molar-refractivity contribution in [2.45, 2.75) is 11.1 Å². The van der Waals surface area contributed by atoms with Gasteiger partial charge in [-0.2, -0.15) is 13.2 Å². The highest BCUT2D eigenvalue weighted by Gasteiger charge is 2.43. The number of alkyl halides is 3. The van der Waals surface area contributed by atoms with Crippen molar-refractivity contribution in [3.8, 4) is 0 Å². The van der Waals surface area contributed by atoms with E-state index >= 15 is 0 Å². The summed E-state index contributed by atoms with van der Waals surface area (Å²) in [6.45, 7) is 0. The number of benzene rings is 1. The van der Waals surface area contributed by atoms with Crippen molar-refractivity contribution in [3.63, 3.8) is 0 Å². The second-order valence-corrected chi connectivity index (χ2v) is 4.48. The fraction of sp³-hybridized carbons (Fsp3) is 0.143. The third kappa shape index (κ3) is 2.71. The molecular formula is C7H5F3N2O4S. The molecule has 0 aliphatic rings. The minimum Gasteiger partial charge on any atom is -0.258 e. The number of nitro benzene ring substituents is 1. The Morgan fingerprint density at radius 1 is 1.29 bits per heavy atom. The van der Waals surface area contributed by atoms with Gasteiger partial charge in [-0.3, -0.25) is 10.1 Å². The Labute approximate surface area is 93.0 Å². The molecule has 0 bridgehead atoms. The summed E-state index contributed by atoms with van der Waals surface area (Å²) in [5.74, 6) is 0. The van der Waals surface area contributed by atoms with Gasteiger partial charge in [0.05, 0.1) is 4.92 Å². The highest BCUT2D eigenvalue weighted by Crippen LogP contribution is 2.39. The summed E-state index contributed by atoms with van der Waals surface area (Å²) in [6, 6.07) is 1.93. The standard InChI is InChI=1S/C7H5F3N2O4S/c8-7(9,10)6-4(12(13)14)2-1-3-5(6)17(11,15)16/h1-3H,(H2,11,15,16). The van der Waals surface area contributed by atoms with Gasteiger partial charge in [0.1, 0.15) is 4.90 Å². The van der Waals surface area contributed by atoms with E-state index in [2.05, 4.69) is 5.14 Å². The molecule has 0 aliphatic carbocycles. The van der Waals surface area contributed by atoms with Gasteiger partial charge in [0, 0.05) is 6.07 Å². The number of rotatable bonds is 2. The van der Waals surface area contributed by atoms with Crippen LogP contribution in [0.5, 0.6) is 0 Å². The van der Waals surface area contributed by atoms with Crippen LogP contribution in [0.2, 0.25) is 0 Å². The molecule has 6 nitrogen and oxygen atoms in total. The van der Waals surface area contributed by atoms with E-state index in [-0.39, 0.29) is 0 Å². The first-order valence-corrected chi connectivity index (χ1v) is 5.47. The minimum atomic E-state index is -5.19. The molecule has 17 heavy (non-hydrogen) atoms. The van der Waals surface area contributed by atoms with E-state index in [0.717, 1.165) is 6.07 Å². The summed E-state index contributed by atoms with van der Waals surface area (Å²) in [5.41, 5.74) is -3.23. The molecular weight excluding hydrogens is 265 g/mol. The molecule has 1 rings (SSSR count). The molecule has 10 heteroatoms. The van der Waals surface area contributed by atoms with E-state index in [1.54, 1.807) is 0 Å². The molecule has 0 saturated carbocycles. The van der Waals surface area contributed by atoms with Gasteiger partial charge in [-0.1, -0.05) is 6.07 Å². The van der Waals surface area contributed by atoms with Gasteiger partial charge < -0.3 is 0 Å². The predicted molar refractivity (Wildman–Crippen MR) is 49.5 cm³/mol. The van der Waals surface area contributed by atoms with E-state index in [4.69, 9.17) is 0 Å². The van der Waals surface area contributed by atoms with E-state index < -0.39 is 37.3 Å². The van der Waals surface area contributed by atoms with Gasteiger partial charge in [-0.05, 0) is 6.07 Å². The Morgan fingerprint density at radius 2 is 1.82 bits per heavy atom. The molecule has 0 aromatic heterocycles. The maximum Gasteiger partial charge on any atom is 0.424 e. The quantitative estimate of drug-likeness (QED) is 0.645. The van der Waals surface area contributed by atoms with Crippen molar-refractivity contribution < 1.29 is 26.5 Å². The fourth-order valence-corrected chi connectivity index (χ4v) is 1.97. The number of nitrogens with two attached hydrogens (primary N) is 1. The number of nitro groups is 1. The monoisotopic (exact) mass is 270 g/mol. The van der Waals surface area contributed by atoms with Crippen LogP contribution in [0.1, 0.15) is 5.56 Å². The molecule has 0 unspecified atom stereocenters. The lowest BCUT2D eigenvalue weighted by atomic mass is 10.2. The van der Waals surface area contributed by atoms with Crippen molar-refractivity contribution in [3.05, 3.63) is 33.9 Å². The van der Waals surface area contributed by atoms with E-state index in [0.29, 0.717) is 12.1 Å². The zero-order chi connectivity index (χ0) is 13.4. The highest BCUT2D eigenvalue weighted by molar-refractivity contribution is 7.89. The number of nitrogens with zero attached hydrogens (tertiary/aromatic N) is 1. The van der Waals surface area contributed by atoms with E-state index in [9.17, 15) is 31.7 Å². The van der Waals surface area contributed by atoms with Crippen LogP contribution in [-0.2, 0) is 16.2 Å². The van der Waals surface area contributed by atoms with Crippen LogP contribution in [0.15, 0.2) is 23.1 Å². The lowest BCUT2D eigenvalue weighted by molar-refractivity contribution is -0.388. The van der Waals surface area contributed by atoms with Crippen molar-refractivity contribution in [1.29, 1.82) is 0 Å². The Kier molecular flexibility index (Phi) is 3.12. The lowest BCUT2D eigenvalue weighted by Crippen LogP contribution is -2.20. The second-order valence-electron chi connectivity index (χ2n) is 2.95. The molecule has 0 radical (unpaired) electrons. The van der Waals surface area contributed by atoms with E-state index in [1.165, 1.54) is 0 Å². The molecule has 0 atom stereocenters. The number of primary sulfonamides is 1. The molecule has 0 saturated heterocycles. The van der Waals surface area contributed by atoms with Crippen LogP contribution in [-0.4, -0.2) is 13.3 Å². The summed E-state index contributed by atoms with van der Waals surface area (Å²) >= 11 is 0. The Morgan fingerprint density at radius 3 is 2.18 bits per heavy atom. The number of hydrogen-bond acceptors (Lipinski definition) is 4. The summed E-state index contributed by atoms with van der Waals surface area (Å²) in [5, 5.41) is 15.0. The van der Waals surface area contributed by atoms with Gasteiger partial charge in [0.2, 0.25) is 10.0 Å². The van der Waals surface area contributed by atoms with Gasteiger partial charge in [-0.15, -0.1) is 0 Å². The van der Waals surface area contributed by atoms with Crippen molar-refractivity contribution in [1.82, 2.24) is 0 Å². The molecule has 0 spiro atoms. The molecule has 94 valence electrons. The molecule has 0 amide bonds. The van der Waals surface area contributed by atoms with Crippen LogP contribution in [0.4, 0.5) is 18.9 Å². The maximum absolute atomic E-state index is 12.6. The largest absolute Gasteiger partial charge is 0.424 e. The topological polar surface area (TPSA) is 103 Å². The van der Waals surface area contributed by atoms with Crippen molar-refractivity contribution >= 4 is 15.7 Å². The zero-order valence-corrected chi connectivity index (χ0v) is 8.75. The average molecular weight is 270 g/mol. The second kappa shape index (κ2) is 3.96. The molecule has 2 N–H and O–H groups in total. The zero-order valence-electron chi connectivity index (χ0n) is 7.93. The average Bonchev–Trinajstić information content (AvgIpc) is 2.13. The molecule has 0 fully saturated rings. The first-order chi connectivity index (χ1) is 7.55. The van der Waals surface area contributed by atoms with Crippen LogP contribution in [0, 0.1) is 10.1 Å². The van der Waals surface area contributed by atoms with Crippen molar-refractivity contribution in [2.75, 3.05) is 0 Å². The van der Waals surface area contributed by atoms with Gasteiger partial charge in [0.15, 0.2) is 5.56 Å². The van der Waals surface area contributed by atoms with E-state index in [1.807, 2.05) is 0 Å². The summed E-state index contributed by atoms with van der Waals surface area (Å²) < 4.78 is 59.6. The number of sulfonamides is 1. The van der Waals surface area contributed by atoms with Crippen LogP contribution < -0.4 is 5.14 Å². The maximum atomic E-state index is 12.6. The first kappa shape index (κ1) is 13.4. The molecule has 1 aromatic rings. The SMILES string of the molecule is NS(=O)(=O)c1cccc([N+](=O)[O-])c1C(F)(F)F. The normalized spacial score (nSPS) is 12.5. The first-order valence-electron chi connectivity index (χ1n) is 3.92. The number of halogens is 3. The summed E-state index contributed by atoms with van der Waals surface area (Å²) in [6.07, 6.45) is -5.19. The molecule has 1 aromatic carbocycles. The fourth-order valence-electron chi connectivity index (χ4n) is 1.19. The van der Waals surface area contributed by atoms with Crippen LogP contribution >= 0.6 is 0 Å². The highest BCUT2D eigenvalue weighted by atomic mass is 32.2. The predicted octanol–water partition coefficient (Wildman–Crippen LogP) is 1.26. The van der Waals surface area contributed by atoms with Gasteiger partial charge >= 0.3 is 6.18 Å². The minimum absolute atomic E-state index is 0.553. The van der Waals surface area contributed by atoms with Crippen LogP contribution in [0.3, 0.4) is 0 Å². The summed E-state index contributed by atoms with van der Waals surface area (Å²) in [7, 11) is -4.70. The lowest BCUT2D eigenvalue weighted by Gasteiger charge is -2.11. The smallest absolute Gasteiger partial charge is 0.258 e. The Balaban J connectivity index is 3.76. The summed E-state index contributed by atoms with van der Waals surface area (Å²) in [4.78, 5) is 7.78. The Bertz CT molecular complexity index is 567. The molecule has 0 heterocycles. The third-order valence-corrected chi connectivity index (χ3v) is 2.74. The molecule has 0 aliphatic heterocycles. The van der Waals surface area contributed by atoms with Gasteiger partial charge in [-0.25, -0.2) is 13.6 Å². The van der Waals surface area contributed by atoms with Crippen LogP contribution in [0.25, 0.3) is 0 Å². The van der Waals surface area contributed by atoms with Crippen molar-refractivity contribution in [2.24, 2.45) is 5.14 Å². The van der Waals surface area contributed by atoms with Gasteiger partial charge in [0.25, 0.3) is 5.69 Å².